The Morgan fingerprint density at radius 3 is 2.36 bits per heavy atom. The fraction of sp³-hybridized carbons (Fsp3) is 0.476. The molecule has 1 aromatic rings. The highest BCUT2D eigenvalue weighted by molar-refractivity contribution is 5.99. The first-order valence-electron chi connectivity index (χ1n) is 10.3. The number of hydrogen-bond donors (Lipinski definition) is 3. The summed E-state index contributed by atoms with van der Waals surface area (Å²) in [6.07, 6.45) is -4.09. The van der Waals surface area contributed by atoms with Gasteiger partial charge >= 0.3 is 6.18 Å². The number of phenols is 1. The number of hydrazone groups is 1. The summed E-state index contributed by atoms with van der Waals surface area (Å²) in [4.78, 5) is 29.9. The molecule has 182 valence electrons. The molecule has 2 amide bonds. The van der Waals surface area contributed by atoms with E-state index < -0.39 is 35.8 Å². The number of alkyl halides is 3. The summed E-state index contributed by atoms with van der Waals surface area (Å²) in [5.74, 6) is -2.04. The summed E-state index contributed by atoms with van der Waals surface area (Å²) in [5, 5.41) is 19.8. The van der Waals surface area contributed by atoms with Gasteiger partial charge in [0.2, 0.25) is 5.91 Å². The Morgan fingerprint density at radius 1 is 1.24 bits per heavy atom. The van der Waals surface area contributed by atoms with Crippen LogP contribution in [0.25, 0.3) is 0 Å². The normalized spacial score (nSPS) is 15.5. The number of likely N-dealkylation sites (N-methyl/N-ethyl adjacent to an activating group) is 1. The number of carbonyl (C=O) groups is 2. The van der Waals surface area contributed by atoms with E-state index >= 15 is 0 Å². The number of halogens is 3. The molecule has 2 rings (SSSR count). The molecule has 33 heavy (non-hydrogen) atoms. The van der Waals surface area contributed by atoms with E-state index in [-0.39, 0.29) is 5.69 Å². The van der Waals surface area contributed by atoms with Crippen molar-refractivity contribution < 1.29 is 27.9 Å². The minimum absolute atomic E-state index is 0.219. The van der Waals surface area contributed by atoms with Gasteiger partial charge in [-0.15, -0.1) is 0 Å². The summed E-state index contributed by atoms with van der Waals surface area (Å²) >= 11 is 0. The molecule has 1 aliphatic heterocycles. The Balaban J connectivity index is 2.19. The topological polar surface area (TPSA) is 101 Å². The molecule has 0 aliphatic carbocycles. The van der Waals surface area contributed by atoms with Crippen molar-refractivity contribution in [3.8, 4) is 5.75 Å². The molecule has 0 saturated carbocycles. The summed E-state index contributed by atoms with van der Waals surface area (Å²) in [6, 6.07) is 2.19. The molecule has 0 atom stereocenters. The van der Waals surface area contributed by atoms with Gasteiger partial charge in [0.25, 0.3) is 5.91 Å². The average molecular weight is 470 g/mol. The van der Waals surface area contributed by atoms with Gasteiger partial charge in [0.1, 0.15) is 18.0 Å². The number of rotatable bonds is 8. The minimum Gasteiger partial charge on any atom is -0.506 e. The maximum atomic E-state index is 13.3. The lowest BCUT2D eigenvalue weighted by atomic mass is 10.1. The van der Waals surface area contributed by atoms with Gasteiger partial charge in [-0.25, -0.2) is 5.01 Å². The second-order valence-electron chi connectivity index (χ2n) is 7.50. The first-order valence-corrected chi connectivity index (χ1v) is 10.3. The number of hydrogen-bond acceptors (Lipinski definition) is 7. The number of benzene rings is 1. The zero-order valence-electron chi connectivity index (χ0n) is 18.9. The summed E-state index contributed by atoms with van der Waals surface area (Å²) in [7, 11) is 3.69. The fourth-order valence-electron chi connectivity index (χ4n) is 3.40. The zero-order valence-corrected chi connectivity index (χ0v) is 18.9. The molecule has 0 bridgehead atoms. The monoisotopic (exact) mass is 470 g/mol. The highest BCUT2D eigenvalue weighted by Crippen LogP contribution is 2.34. The number of aromatic hydroxyl groups is 1. The SMILES string of the molecule is C=NN(CC(=O)Nc1ccc(C(F)(F)F)cc1O)C(=O)/C(=C(/CC)NC)N1CCN(C)CC1. The van der Waals surface area contributed by atoms with Crippen LogP contribution in [0.15, 0.2) is 34.7 Å². The van der Waals surface area contributed by atoms with E-state index in [2.05, 4.69) is 27.4 Å². The van der Waals surface area contributed by atoms with Gasteiger partial charge < -0.3 is 25.5 Å². The van der Waals surface area contributed by atoms with E-state index in [0.717, 1.165) is 30.2 Å². The highest BCUT2D eigenvalue weighted by atomic mass is 19.4. The number of nitrogens with one attached hydrogen (secondary N) is 2. The first kappa shape index (κ1) is 26.0. The molecular weight excluding hydrogens is 441 g/mol. The minimum atomic E-state index is -4.63. The fourth-order valence-corrected chi connectivity index (χ4v) is 3.40. The van der Waals surface area contributed by atoms with E-state index in [1.165, 1.54) is 0 Å². The third kappa shape index (κ3) is 6.60. The molecule has 1 fully saturated rings. The largest absolute Gasteiger partial charge is 0.506 e. The standard InChI is InChI=1S/C21H29F3N6O3/c1-5-15(25-2)19(29-10-8-28(4)9-11-29)20(33)30(26-3)13-18(32)27-16-7-6-14(12-17(16)31)21(22,23)24/h6-7,12,25,31H,3,5,8-11,13H2,1-2,4H3,(H,27,32)/b19-15+. The predicted octanol–water partition coefficient (Wildman–Crippen LogP) is 1.88. The summed E-state index contributed by atoms with van der Waals surface area (Å²) in [5.41, 5.74) is -0.211. The van der Waals surface area contributed by atoms with Crippen molar-refractivity contribution in [1.29, 1.82) is 0 Å². The third-order valence-electron chi connectivity index (χ3n) is 5.26. The molecule has 0 aromatic heterocycles. The average Bonchev–Trinajstić information content (AvgIpc) is 2.76. The summed E-state index contributed by atoms with van der Waals surface area (Å²) in [6.45, 7) is 7.46. The number of nitrogens with zero attached hydrogens (tertiary/aromatic N) is 4. The highest BCUT2D eigenvalue weighted by Gasteiger charge is 2.32. The van der Waals surface area contributed by atoms with E-state index in [1.807, 2.05) is 18.9 Å². The van der Waals surface area contributed by atoms with Crippen LogP contribution in [0.5, 0.6) is 5.75 Å². The van der Waals surface area contributed by atoms with Gasteiger partial charge in [-0.1, -0.05) is 6.92 Å². The maximum absolute atomic E-state index is 13.3. The van der Waals surface area contributed by atoms with Gasteiger partial charge in [0.15, 0.2) is 0 Å². The predicted molar refractivity (Wildman–Crippen MR) is 118 cm³/mol. The number of allylic oxidation sites excluding steroid dienone is 1. The second-order valence-corrected chi connectivity index (χ2v) is 7.50. The Bertz CT molecular complexity index is 905. The molecule has 1 saturated heterocycles. The van der Waals surface area contributed by atoms with Crippen molar-refractivity contribution in [3.63, 3.8) is 0 Å². The van der Waals surface area contributed by atoms with Crippen molar-refractivity contribution in [2.75, 3.05) is 52.1 Å². The Labute approximate surface area is 190 Å². The van der Waals surface area contributed by atoms with Crippen molar-refractivity contribution in [2.24, 2.45) is 5.10 Å². The lowest BCUT2D eigenvalue weighted by Gasteiger charge is -2.36. The number of anilines is 1. The smallest absolute Gasteiger partial charge is 0.416 e. The van der Waals surface area contributed by atoms with Crippen LogP contribution in [0.4, 0.5) is 18.9 Å². The lowest BCUT2D eigenvalue weighted by Crippen LogP contribution is -2.48. The van der Waals surface area contributed by atoms with E-state index in [1.54, 1.807) is 7.05 Å². The van der Waals surface area contributed by atoms with Crippen molar-refractivity contribution in [3.05, 3.63) is 35.2 Å². The Morgan fingerprint density at radius 2 is 1.88 bits per heavy atom. The molecule has 1 aromatic carbocycles. The lowest BCUT2D eigenvalue weighted by molar-refractivity contribution is -0.137. The molecule has 12 heteroatoms. The summed E-state index contributed by atoms with van der Waals surface area (Å²) < 4.78 is 38.3. The van der Waals surface area contributed by atoms with Crippen LogP contribution in [-0.2, 0) is 15.8 Å². The Hall–Kier alpha value is -3.28. The molecule has 0 radical (unpaired) electrons. The Kier molecular flexibility index (Phi) is 8.69. The van der Waals surface area contributed by atoms with Crippen molar-refractivity contribution in [2.45, 2.75) is 19.5 Å². The van der Waals surface area contributed by atoms with Gasteiger partial charge in [-0.3, -0.25) is 9.59 Å². The zero-order chi connectivity index (χ0) is 24.8. The number of carbonyl (C=O) groups excluding carboxylic acids is 2. The van der Waals surface area contributed by atoms with E-state index in [9.17, 15) is 27.9 Å². The molecular formula is C21H29F3N6O3. The second kappa shape index (κ2) is 11.0. The number of phenolic OH excluding ortho intramolecular Hbond substituents is 1. The molecule has 1 aliphatic rings. The quantitative estimate of drug-likeness (QED) is 0.232. The van der Waals surface area contributed by atoms with Crippen LogP contribution in [0.3, 0.4) is 0 Å². The number of amides is 2. The van der Waals surface area contributed by atoms with Gasteiger partial charge in [0.05, 0.1) is 11.3 Å². The van der Waals surface area contributed by atoms with Crippen LogP contribution >= 0.6 is 0 Å². The van der Waals surface area contributed by atoms with Crippen LogP contribution in [0.2, 0.25) is 0 Å². The molecule has 3 N–H and O–H groups in total. The van der Waals surface area contributed by atoms with Crippen molar-refractivity contribution >= 4 is 24.2 Å². The van der Waals surface area contributed by atoms with Crippen LogP contribution < -0.4 is 10.6 Å². The van der Waals surface area contributed by atoms with Gasteiger partial charge in [-0.05, 0) is 31.7 Å². The van der Waals surface area contributed by atoms with E-state index in [0.29, 0.717) is 37.0 Å². The van der Waals surface area contributed by atoms with Crippen LogP contribution in [0, 0.1) is 0 Å². The van der Waals surface area contributed by atoms with Gasteiger partial charge in [0, 0.05) is 45.6 Å². The van der Waals surface area contributed by atoms with Crippen molar-refractivity contribution in [1.82, 2.24) is 20.1 Å². The number of piperazine rings is 1. The van der Waals surface area contributed by atoms with E-state index in [4.69, 9.17) is 0 Å². The maximum Gasteiger partial charge on any atom is 0.416 e. The first-order chi connectivity index (χ1) is 15.5. The van der Waals surface area contributed by atoms with Crippen LogP contribution in [0.1, 0.15) is 18.9 Å². The molecule has 9 nitrogen and oxygen atoms in total. The third-order valence-corrected chi connectivity index (χ3v) is 5.26. The van der Waals surface area contributed by atoms with Crippen LogP contribution in [-0.4, -0.2) is 85.3 Å². The van der Waals surface area contributed by atoms with Gasteiger partial charge in [-0.2, -0.15) is 18.3 Å². The molecule has 1 heterocycles. The molecule has 0 unspecified atom stereocenters. The molecule has 0 spiro atoms.